The van der Waals surface area contributed by atoms with Crippen molar-refractivity contribution in [1.29, 1.82) is 0 Å². The van der Waals surface area contributed by atoms with E-state index in [9.17, 15) is 13.5 Å². The number of hydrogen-bond donors (Lipinski definition) is 3. The van der Waals surface area contributed by atoms with Crippen LogP contribution in [0.4, 0.5) is 0 Å². The number of aryl methyl sites for hydroxylation is 1. The number of nitrogens with zero attached hydrogens (tertiary/aromatic N) is 1. The Hall–Kier alpha value is -0.960. The highest BCUT2D eigenvalue weighted by atomic mass is 32.2. The van der Waals surface area contributed by atoms with E-state index in [-0.39, 0.29) is 23.7 Å². The van der Waals surface area contributed by atoms with Gasteiger partial charge in [0.05, 0.1) is 12.7 Å². The molecule has 1 aromatic rings. The van der Waals surface area contributed by atoms with Gasteiger partial charge in [-0.15, -0.1) is 0 Å². The Kier molecular flexibility index (Phi) is 4.24. The number of aliphatic hydroxyl groups is 1. The molecule has 1 fully saturated rings. The lowest BCUT2D eigenvalue weighted by molar-refractivity contribution is 0.107. The second kappa shape index (κ2) is 5.58. The summed E-state index contributed by atoms with van der Waals surface area (Å²) in [6.45, 7) is 4.23. The van der Waals surface area contributed by atoms with E-state index in [4.69, 9.17) is 4.74 Å². The van der Waals surface area contributed by atoms with E-state index in [1.54, 1.807) is 6.92 Å². The highest BCUT2D eigenvalue weighted by Crippen LogP contribution is 2.21. The van der Waals surface area contributed by atoms with Crippen molar-refractivity contribution < 1.29 is 18.3 Å². The largest absolute Gasteiger partial charge is 0.392 e. The number of aliphatic hydroxyl groups excluding tert-OH is 1. The summed E-state index contributed by atoms with van der Waals surface area (Å²) in [7, 11) is -3.70. The number of hydrogen-bond acceptors (Lipinski definition) is 5. The predicted molar refractivity (Wildman–Crippen MR) is 68.0 cm³/mol. The molecule has 1 aliphatic rings. The van der Waals surface area contributed by atoms with Crippen molar-refractivity contribution in [2.45, 2.75) is 38.0 Å². The van der Waals surface area contributed by atoms with Crippen molar-refractivity contribution in [2.75, 3.05) is 13.2 Å². The van der Waals surface area contributed by atoms with E-state index in [2.05, 4.69) is 14.9 Å². The van der Waals surface area contributed by atoms with Gasteiger partial charge in [0.1, 0.15) is 0 Å². The molecule has 0 radical (unpaired) electrons. The van der Waals surface area contributed by atoms with Gasteiger partial charge in [0.25, 0.3) is 10.0 Å². The molecule has 0 saturated carbocycles. The van der Waals surface area contributed by atoms with Gasteiger partial charge in [-0.25, -0.2) is 13.1 Å². The Morgan fingerprint density at radius 2 is 2.32 bits per heavy atom. The van der Waals surface area contributed by atoms with Crippen molar-refractivity contribution in [3.63, 3.8) is 0 Å². The predicted octanol–water partition coefficient (Wildman–Crippen LogP) is -0.0863. The number of aromatic nitrogens is 2. The first-order valence-electron chi connectivity index (χ1n) is 6.21. The van der Waals surface area contributed by atoms with Gasteiger partial charge in [0.15, 0.2) is 5.03 Å². The summed E-state index contributed by atoms with van der Waals surface area (Å²) in [6.07, 6.45) is 0.900. The van der Waals surface area contributed by atoms with Gasteiger partial charge in [-0.1, -0.05) is 0 Å². The maximum Gasteiger partial charge on any atom is 0.260 e. The van der Waals surface area contributed by atoms with Crippen LogP contribution in [-0.2, 0) is 21.4 Å². The topological polar surface area (TPSA) is 104 Å². The highest BCUT2D eigenvalue weighted by molar-refractivity contribution is 7.89. The number of sulfonamides is 1. The lowest BCUT2D eigenvalue weighted by Gasteiger charge is -2.14. The summed E-state index contributed by atoms with van der Waals surface area (Å²) in [5, 5.41) is 15.4. The molecule has 0 aliphatic carbocycles. The van der Waals surface area contributed by atoms with Crippen molar-refractivity contribution in [3.05, 3.63) is 11.3 Å². The van der Waals surface area contributed by atoms with Gasteiger partial charge in [0, 0.05) is 30.3 Å². The van der Waals surface area contributed by atoms with E-state index >= 15 is 0 Å². The standard InChI is InChI=1S/C11H19N3O4S/c1-7-10(6-15)11(14-13-7)19(16,17)12-5-9-3-4-18-8(9)2/h8-9,12,15H,3-6H2,1-2H3,(H,13,14). The number of nitrogens with one attached hydrogen (secondary N) is 2. The average molecular weight is 289 g/mol. The summed E-state index contributed by atoms with van der Waals surface area (Å²) in [5.74, 6) is 0.174. The Labute approximate surface area is 112 Å². The third-order valence-corrected chi connectivity index (χ3v) is 4.91. The first-order chi connectivity index (χ1) is 8.95. The second-order valence-electron chi connectivity index (χ2n) is 4.77. The molecule has 3 N–H and O–H groups in total. The molecule has 8 heteroatoms. The zero-order valence-electron chi connectivity index (χ0n) is 11.0. The molecule has 108 valence electrons. The monoisotopic (exact) mass is 289 g/mol. The van der Waals surface area contributed by atoms with E-state index < -0.39 is 10.0 Å². The Balaban J connectivity index is 2.09. The molecule has 7 nitrogen and oxygen atoms in total. The van der Waals surface area contributed by atoms with Gasteiger partial charge >= 0.3 is 0 Å². The zero-order chi connectivity index (χ0) is 14.0. The third-order valence-electron chi connectivity index (χ3n) is 3.52. The molecule has 1 saturated heterocycles. The van der Waals surface area contributed by atoms with E-state index in [0.29, 0.717) is 24.4 Å². The molecule has 1 aliphatic heterocycles. The quantitative estimate of drug-likeness (QED) is 0.703. The molecule has 0 spiro atoms. The summed E-state index contributed by atoms with van der Waals surface area (Å²) in [4.78, 5) is 0. The van der Waals surface area contributed by atoms with Gasteiger partial charge in [-0.3, -0.25) is 5.10 Å². The Morgan fingerprint density at radius 3 is 2.89 bits per heavy atom. The zero-order valence-corrected chi connectivity index (χ0v) is 11.8. The molecular weight excluding hydrogens is 270 g/mol. The minimum Gasteiger partial charge on any atom is -0.392 e. The number of H-pyrrole nitrogens is 1. The normalized spacial score (nSPS) is 23.9. The summed E-state index contributed by atoms with van der Waals surface area (Å²) < 4.78 is 32.2. The van der Waals surface area contributed by atoms with Gasteiger partial charge in [-0.2, -0.15) is 5.10 Å². The van der Waals surface area contributed by atoms with Gasteiger partial charge in [0.2, 0.25) is 0 Å². The molecule has 0 bridgehead atoms. The average Bonchev–Trinajstić information content (AvgIpc) is 2.93. The van der Waals surface area contributed by atoms with E-state index in [1.807, 2.05) is 6.92 Å². The maximum atomic E-state index is 12.1. The molecule has 19 heavy (non-hydrogen) atoms. The molecule has 2 unspecified atom stereocenters. The summed E-state index contributed by atoms with van der Waals surface area (Å²) in [6, 6.07) is 0. The van der Waals surface area contributed by atoms with E-state index in [0.717, 1.165) is 6.42 Å². The van der Waals surface area contributed by atoms with E-state index in [1.165, 1.54) is 0 Å². The Bertz CT molecular complexity index is 540. The highest BCUT2D eigenvalue weighted by Gasteiger charge is 2.28. The lowest BCUT2D eigenvalue weighted by Crippen LogP contribution is -2.32. The number of ether oxygens (including phenoxy) is 1. The van der Waals surface area contributed by atoms with Crippen LogP contribution < -0.4 is 4.72 Å². The van der Waals surface area contributed by atoms with Crippen molar-refractivity contribution in [1.82, 2.24) is 14.9 Å². The third kappa shape index (κ3) is 2.97. The van der Waals surface area contributed by atoms with Gasteiger partial charge < -0.3 is 9.84 Å². The van der Waals surface area contributed by atoms with Crippen LogP contribution in [0, 0.1) is 12.8 Å². The first kappa shape index (κ1) is 14.4. The maximum absolute atomic E-state index is 12.1. The van der Waals surface area contributed by atoms with Crippen molar-refractivity contribution in [3.8, 4) is 0 Å². The van der Waals surface area contributed by atoms with Crippen LogP contribution in [0.3, 0.4) is 0 Å². The van der Waals surface area contributed by atoms with Crippen LogP contribution in [-0.4, -0.2) is 43.0 Å². The Morgan fingerprint density at radius 1 is 1.58 bits per heavy atom. The van der Waals surface area contributed by atoms with Crippen LogP contribution in [0.2, 0.25) is 0 Å². The minimum atomic E-state index is -3.70. The van der Waals surface area contributed by atoms with Crippen molar-refractivity contribution >= 4 is 10.0 Å². The fourth-order valence-corrected chi connectivity index (χ4v) is 3.45. The molecule has 2 rings (SSSR count). The fraction of sp³-hybridized carbons (Fsp3) is 0.727. The fourth-order valence-electron chi connectivity index (χ4n) is 2.17. The number of aromatic amines is 1. The van der Waals surface area contributed by atoms with Crippen LogP contribution in [0.15, 0.2) is 5.03 Å². The molecule has 0 aromatic carbocycles. The van der Waals surface area contributed by atoms with Crippen LogP contribution in [0.5, 0.6) is 0 Å². The van der Waals surface area contributed by atoms with Crippen LogP contribution >= 0.6 is 0 Å². The minimum absolute atomic E-state index is 0.0564. The smallest absolute Gasteiger partial charge is 0.260 e. The van der Waals surface area contributed by atoms with Crippen LogP contribution in [0.25, 0.3) is 0 Å². The van der Waals surface area contributed by atoms with Crippen molar-refractivity contribution in [2.24, 2.45) is 5.92 Å². The SMILES string of the molecule is Cc1[nH]nc(S(=O)(=O)NCC2CCOC2C)c1CO. The molecule has 2 heterocycles. The molecule has 1 aromatic heterocycles. The molecular formula is C11H19N3O4S. The number of rotatable bonds is 5. The summed E-state index contributed by atoms with van der Waals surface area (Å²) in [5.41, 5.74) is 0.865. The molecule has 2 atom stereocenters. The van der Waals surface area contributed by atoms with Crippen LogP contribution in [0.1, 0.15) is 24.6 Å². The second-order valence-corrected chi connectivity index (χ2v) is 6.45. The molecule has 0 amide bonds. The summed E-state index contributed by atoms with van der Waals surface area (Å²) >= 11 is 0. The lowest BCUT2D eigenvalue weighted by atomic mass is 10.0. The van der Waals surface area contributed by atoms with Gasteiger partial charge in [-0.05, 0) is 20.3 Å². The first-order valence-corrected chi connectivity index (χ1v) is 7.70.